The highest BCUT2D eigenvalue weighted by molar-refractivity contribution is 6.30. The number of benzene rings is 2. The van der Waals surface area contributed by atoms with E-state index in [2.05, 4.69) is 15.3 Å². The molecule has 0 atom stereocenters. The normalized spacial score (nSPS) is 10.7. The molecule has 4 rings (SSSR count). The van der Waals surface area contributed by atoms with Crippen molar-refractivity contribution >= 4 is 29.1 Å². The molecule has 2 aromatic carbocycles. The van der Waals surface area contributed by atoms with E-state index in [1.165, 1.54) is 16.8 Å². The zero-order chi connectivity index (χ0) is 24.9. The van der Waals surface area contributed by atoms with Gasteiger partial charge in [0.05, 0.1) is 6.54 Å². The molecule has 0 bridgehead atoms. The van der Waals surface area contributed by atoms with E-state index in [9.17, 15) is 14.4 Å². The van der Waals surface area contributed by atoms with Crippen molar-refractivity contribution in [3.63, 3.8) is 0 Å². The van der Waals surface area contributed by atoms with Crippen LogP contribution in [0.5, 0.6) is 11.6 Å². The number of pyridine rings is 1. The van der Waals surface area contributed by atoms with E-state index in [4.69, 9.17) is 22.1 Å². The molecule has 0 aliphatic heterocycles. The van der Waals surface area contributed by atoms with Crippen LogP contribution in [-0.2, 0) is 13.1 Å². The summed E-state index contributed by atoms with van der Waals surface area (Å²) in [7, 11) is 0. The molecular formula is C24H21ClN6O4. The van der Waals surface area contributed by atoms with E-state index in [-0.39, 0.29) is 30.5 Å². The van der Waals surface area contributed by atoms with E-state index < -0.39 is 17.3 Å². The molecule has 2 aromatic heterocycles. The van der Waals surface area contributed by atoms with Gasteiger partial charge in [0.1, 0.15) is 11.3 Å². The minimum absolute atomic E-state index is 0.0855. The average Bonchev–Trinajstić information content (AvgIpc) is 2.84. The fourth-order valence-electron chi connectivity index (χ4n) is 3.32. The minimum atomic E-state index is -0.655. The number of anilines is 2. The number of nitrogens with zero attached hydrogens (tertiary/aromatic N) is 4. The van der Waals surface area contributed by atoms with Crippen molar-refractivity contribution in [2.45, 2.75) is 20.0 Å². The molecule has 35 heavy (non-hydrogen) atoms. The lowest BCUT2D eigenvalue weighted by molar-refractivity contribution is 0.0997. The summed E-state index contributed by atoms with van der Waals surface area (Å²) in [6.45, 7) is 2.08. The van der Waals surface area contributed by atoms with Crippen molar-refractivity contribution in [3.05, 3.63) is 104 Å². The first-order valence-corrected chi connectivity index (χ1v) is 11.0. The van der Waals surface area contributed by atoms with Gasteiger partial charge in [0.2, 0.25) is 11.8 Å². The van der Waals surface area contributed by atoms with Gasteiger partial charge in [-0.3, -0.25) is 9.36 Å². The zero-order valence-corrected chi connectivity index (χ0v) is 19.4. The summed E-state index contributed by atoms with van der Waals surface area (Å²) in [6, 6.07) is 16.8. The van der Waals surface area contributed by atoms with E-state index in [0.29, 0.717) is 16.5 Å². The second kappa shape index (κ2) is 10.2. The first-order valence-electron chi connectivity index (χ1n) is 10.6. The lowest BCUT2D eigenvalue weighted by Gasteiger charge is -2.15. The van der Waals surface area contributed by atoms with Crippen molar-refractivity contribution < 1.29 is 9.53 Å². The molecule has 0 saturated carbocycles. The topological polar surface area (TPSA) is 134 Å². The van der Waals surface area contributed by atoms with Crippen LogP contribution < -0.4 is 27.2 Å². The number of aromatic nitrogens is 4. The molecule has 0 aliphatic carbocycles. The van der Waals surface area contributed by atoms with Gasteiger partial charge in [-0.15, -0.1) is 0 Å². The van der Waals surface area contributed by atoms with Gasteiger partial charge in [0.15, 0.2) is 0 Å². The number of halogens is 1. The highest BCUT2D eigenvalue weighted by Gasteiger charge is 2.14. The molecule has 0 unspecified atom stereocenters. The second-order valence-corrected chi connectivity index (χ2v) is 7.87. The number of rotatable bonds is 8. The van der Waals surface area contributed by atoms with Crippen LogP contribution in [0, 0.1) is 0 Å². The largest absolute Gasteiger partial charge is 0.438 e. The SMILES string of the molecule is CCn1c(=O)nc(Nc2ccc(Oc3ncccc3C(N)=O)cc2)n(Cc2ccc(Cl)cc2)c1=O. The van der Waals surface area contributed by atoms with E-state index in [1.807, 2.05) is 0 Å². The third kappa shape index (κ3) is 5.39. The number of carbonyl (C=O) groups is 1. The molecule has 1 amide bonds. The van der Waals surface area contributed by atoms with Crippen LogP contribution in [0.3, 0.4) is 0 Å². The summed E-state index contributed by atoms with van der Waals surface area (Å²) in [5, 5.41) is 3.60. The van der Waals surface area contributed by atoms with Crippen LogP contribution in [0.2, 0.25) is 5.02 Å². The molecule has 3 N–H and O–H groups in total. The lowest BCUT2D eigenvalue weighted by Crippen LogP contribution is -2.42. The molecule has 178 valence electrons. The number of nitrogens with one attached hydrogen (secondary N) is 1. The number of ether oxygens (including phenoxy) is 1. The van der Waals surface area contributed by atoms with E-state index in [0.717, 1.165) is 10.1 Å². The predicted octanol–water partition coefficient (Wildman–Crippen LogP) is 3.16. The molecule has 0 radical (unpaired) electrons. The van der Waals surface area contributed by atoms with Gasteiger partial charge in [-0.25, -0.2) is 19.1 Å². The van der Waals surface area contributed by atoms with Crippen LogP contribution in [-0.4, -0.2) is 25.0 Å². The lowest BCUT2D eigenvalue weighted by atomic mass is 10.2. The summed E-state index contributed by atoms with van der Waals surface area (Å²) in [6.07, 6.45) is 1.49. The van der Waals surface area contributed by atoms with Crippen molar-refractivity contribution in [1.82, 2.24) is 19.1 Å². The van der Waals surface area contributed by atoms with Crippen molar-refractivity contribution in [2.24, 2.45) is 5.73 Å². The van der Waals surface area contributed by atoms with Crippen LogP contribution in [0.1, 0.15) is 22.8 Å². The smallest absolute Gasteiger partial charge is 0.354 e. The van der Waals surface area contributed by atoms with Gasteiger partial charge in [0, 0.05) is 23.5 Å². The Balaban J connectivity index is 1.62. The quantitative estimate of drug-likeness (QED) is 0.385. The first kappa shape index (κ1) is 23.7. The van der Waals surface area contributed by atoms with Crippen LogP contribution in [0.4, 0.5) is 11.6 Å². The summed E-state index contributed by atoms with van der Waals surface area (Å²) < 4.78 is 8.12. The third-order valence-electron chi connectivity index (χ3n) is 5.08. The number of primary amides is 1. The van der Waals surface area contributed by atoms with Gasteiger partial charge in [0.25, 0.3) is 5.91 Å². The fourth-order valence-corrected chi connectivity index (χ4v) is 3.44. The van der Waals surface area contributed by atoms with Gasteiger partial charge in [-0.1, -0.05) is 23.7 Å². The van der Waals surface area contributed by atoms with Gasteiger partial charge in [-0.2, -0.15) is 4.98 Å². The minimum Gasteiger partial charge on any atom is -0.438 e. The molecule has 0 spiro atoms. The van der Waals surface area contributed by atoms with Crippen molar-refractivity contribution in [3.8, 4) is 11.6 Å². The molecule has 2 heterocycles. The third-order valence-corrected chi connectivity index (χ3v) is 5.33. The summed E-state index contributed by atoms with van der Waals surface area (Å²) in [5.74, 6) is -0.0704. The van der Waals surface area contributed by atoms with Crippen molar-refractivity contribution in [2.75, 3.05) is 5.32 Å². The Hall–Kier alpha value is -4.44. The van der Waals surface area contributed by atoms with Gasteiger partial charge >= 0.3 is 11.4 Å². The maximum absolute atomic E-state index is 13.0. The highest BCUT2D eigenvalue weighted by atomic mass is 35.5. The number of carbonyl (C=O) groups excluding carboxylic acids is 1. The van der Waals surface area contributed by atoms with E-state index in [1.54, 1.807) is 61.5 Å². The number of hydrogen-bond acceptors (Lipinski definition) is 7. The summed E-state index contributed by atoms with van der Waals surface area (Å²) in [5.41, 5.74) is 5.74. The molecule has 0 aliphatic rings. The molecule has 0 fully saturated rings. The first-order chi connectivity index (χ1) is 16.9. The monoisotopic (exact) mass is 492 g/mol. The Bertz CT molecular complexity index is 1480. The number of amides is 1. The Morgan fingerprint density at radius 3 is 2.43 bits per heavy atom. The summed E-state index contributed by atoms with van der Waals surface area (Å²) in [4.78, 5) is 45.1. The number of nitrogens with two attached hydrogens (primary N) is 1. The second-order valence-electron chi connectivity index (χ2n) is 7.43. The molecule has 11 heteroatoms. The predicted molar refractivity (Wildman–Crippen MR) is 132 cm³/mol. The fraction of sp³-hybridized carbons (Fsp3) is 0.125. The van der Waals surface area contributed by atoms with Gasteiger partial charge < -0.3 is 15.8 Å². The van der Waals surface area contributed by atoms with Crippen LogP contribution >= 0.6 is 11.6 Å². The zero-order valence-electron chi connectivity index (χ0n) is 18.6. The molecule has 0 saturated heterocycles. The number of hydrogen-bond donors (Lipinski definition) is 2. The van der Waals surface area contributed by atoms with Crippen LogP contribution in [0.25, 0.3) is 0 Å². The maximum atomic E-state index is 13.0. The Morgan fingerprint density at radius 2 is 1.77 bits per heavy atom. The highest BCUT2D eigenvalue weighted by Crippen LogP contribution is 2.25. The Morgan fingerprint density at radius 1 is 1.06 bits per heavy atom. The molecule has 10 nitrogen and oxygen atoms in total. The van der Waals surface area contributed by atoms with Gasteiger partial charge in [-0.05, 0) is 61.0 Å². The van der Waals surface area contributed by atoms with E-state index >= 15 is 0 Å². The van der Waals surface area contributed by atoms with Crippen molar-refractivity contribution in [1.29, 1.82) is 0 Å². The Labute approximate surface area is 204 Å². The maximum Gasteiger partial charge on any atom is 0.354 e. The molecular weight excluding hydrogens is 472 g/mol. The summed E-state index contributed by atoms with van der Waals surface area (Å²) >= 11 is 5.97. The standard InChI is InChI=1S/C24H21ClN6O4/c1-2-30-23(33)29-22(31(24(30)34)14-15-5-7-16(25)8-6-15)28-17-9-11-18(12-10-17)35-21-19(20(26)32)4-3-13-27-21/h3-13H,2,14H2,1H3,(H2,26,32)(H,28,29,33). The van der Waals surface area contributed by atoms with Crippen LogP contribution in [0.15, 0.2) is 76.4 Å². The molecule has 4 aromatic rings. The Kier molecular flexibility index (Phi) is 6.93. The average molecular weight is 493 g/mol.